The van der Waals surface area contributed by atoms with E-state index in [9.17, 15) is 8.42 Å². The standard InChI is InChI=1S/C21H34N4O2S2/c1-3-22-20(24-17-21(2)12-7-15-28-21)23-16-18-10-13-25(14-11-18)29(26,27)19-8-5-4-6-9-19/h4-6,8-9,18H,3,7,10-17H2,1-2H3,(H2,22,23,24). The highest BCUT2D eigenvalue weighted by Crippen LogP contribution is 2.37. The fourth-order valence-corrected chi connectivity index (χ4v) is 6.60. The van der Waals surface area contributed by atoms with E-state index in [-0.39, 0.29) is 4.75 Å². The molecule has 162 valence electrons. The predicted octanol–water partition coefficient (Wildman–Crippen LogP) is 2.93. The molecular weight excluding hydrogens is 404 g/mol. The van der Waals surface area contributed by atoms with Crippen LogP contribution in [-0.2, 0) is 10.0 Å². The third kappa shape index (κ3) is 6.12. The number of nitrogens with one attached hydrogen (secondary N) is 2. The van der Waals surface area contributed by atoms with Crippen LogP contribution in [0.1, 0.15) is 39.5 Å². The molecule has 1 aromatic carbocycles. The minimum atomic E-state index is -3.38. The normalized spacial score (nSPS) is 24.6. The van der Waals surface area contributed by atoms with E-state index >= 15 is 0 Å². The average molecular weight is 439 g/mol. The first kappa shape index (κ1) is 22.4. The molecule has 29 heavy (non-hydrogen) atoms. The lowest BCUT2D eigenvalue weighted by molar-refractivity contribution is 0.273. The van der Waals surface area contributed by atoms with Crippen LogP contribution in [0.2, 0.25) is 0 Å². The summed E-state index contributed by atoms with van der Waals surface area (Å²) in [7, 11) is -3.38. The van der Waals surface area contributed by atoms with Gasteiger partial charge in [-0.2, -0.15) is 16.1 Å². The average Bonchev–Trinajstić information content (AvgIpc) is 3.18. The van der Waals surface area contributed by atoms with Crippen LogP contribution in [0.3, 0.4) is 0 Å². The van der Waals surface area contributed by atoms with Gasteiger partial charge in [0.2, 0.25) is 10.0 Å². The Labute approximate surface area is 180 Å². The zero-order chi connectivity index (χ0) is 20.7. The van der Waals surface area contributed by atoms with Crippen molar-refractivity contribution in [1.29, 1.82) is 0 Å². The minimum Gasteiger partial charge on any atom is -0.357 e. The SMILES string of the molecule is CCNC(=NCC1(C)CCCS1)NCC1CCN(S(=O)(=O)c2ccccc2)CC1. The van der Waals surface area contributed by atoms with Crippen LogP contribution in [0.5, 0.6) is 0 Å². The van der Waals surface area contributed by atoms with E-state index in [1.165, 1.54) is 18.6 Å². The Kier molecular flexibility index (Phi) is 7.87. The third-order valence-electron chi connectivity index (χ3n) is 5.73. The molecule has 0 radical (unpaired) electrons. The molecule has 0 amide bonds. The molecule has 2 saturated heterocycles. The summed E-state index contributed by atoms with van der Waals surface area (Å²) in [5, 5.41) is 6.82. The molecule has 3 rings (SSSR count). The number of guanidine groups is 1. The van der Waals surface area contributed by atoms with Crippen molar-refractivity contribution in [2.75, 3.05) is 38.5 Å². The van der Waals surface area contributed by atoms with Gasteiger partial charge in [-0.3, -0.25) is 4.99 Å². The molecule has 0 aliphatic carbocycles. The van der Waals surface area contributed by atoms with Crippen LogP contribution in [0, 0.1) is 5.92 Å². The lowest BCUT2D eigenvalue weighted by Gasteiger charge is -2.31. The summed E-state index contributed by atoms with van der Waals surface area (Å²) in [4.78, 5) is 5.20. The number of aliphatic imine (C=N–C) groups is 1. The molecule has 1 unspecified atom stereocenters. The number of sulfonamides is 1. The largest absolute Gasteiger partial charge is 0.357 e. The number of piperidine rings is 1. The predicted molar refractivity (Wildman–Crippen MR) is 122 cm³/mol. The van der Waals surface area contributed by atoms with Crippen molar-refractivity contribution in [3.8, 4) is 0 Å². The molecule has 2 aliphatic heterocycles. The number of thioether (sulfide) groups is 1. The van der Waals surface area contributed by atoms with Gasteiger partial charge in [-0.15, -0.1) is 0 Å². The summed E-state index contributed by atoms with van der Waals surface area (Å²) >= 11 is 2.03. The molecule has 2 heterocycles. The zero-order valence-corrected chi connectivity index (χ0v) is 19.2. The summed E-state index contributed by atoms with van der Waals surface area (Å²) < 4.78 is 27.4. The van der Waals surface area contributed by atoms with Crippen molar-refractivity contribution in [2.45, 2.75) is 49.2 Å². The molecule has 2 aliphatic rings. The Bertz CT molecular complexity index is 769. The second-order valence-electron chi connectivity index (χ2n) is 8.14. The maximum absolute atomic E-state index is 12.8. The van der Waals surface area contributed by atoms with Crippen molar-refractivity contribution >= 4 is 27.7 Å². The zero-order valence-electron chi connectivity index (χ0n) is 17.6. The van der Waals surface area contributed by atoms with Gasteiger partial charge in [0.15, 0.2) is 5.96 Å². The molecule has 0 aromatic heterocycles. The van der Waals surface area contributed by atoms with Crippen LogP contribution >= 0.6 is 11.8 Å². The monoisotopic (exact) mass is 438 g/mol. The highest BCUT2D eigenvalue weighted by molar-refractivity contribution is 8.00. The van der Waals surface area contributed by atoms with Gasteiger partial charge in [0, 0.05) is 30.9 Å². The van der Waals surface area contributed by atoms with Crippen LogP contribution in [0.25, 0.3) is 0 Å². The first-order valence-electron chi connectivity index (χ1n) is 10.6. The molecular formula is C21H34N4O2S2. The van der Waals surface area contributed by atoms with Crippen LogP contribution < -0.4 is 10.6 Å². The highest BCUT2D eigenvalue weighted by atomic mass is 32.2. The van der Waals surface area contributed by atoms with Crippen molar-refractivity contribution in [2.24, 2.45) is 10.9 Å². The molecule has 1 aromatic rings. The second-order valence-corrected chi connectivity index (χ2v) is 11.8. The Morgan fingerprint density at radius 2 is 1.97 bits per heavy atom. The van der Waals surface area contributed by atoms with E-state index in [0.717, 1.165) is 38.4 Å². The van der Waals surface area contributed by atoms with Crippen LogP contribution in [0.4, 0.5) is 0 Å². The van der Waals surface area contributed by atoms with Gasteiger partial charge in [-0.1, -0.05) is 18.2 Å². The Morgan fingerprint density at radius 3 is 2.59 bits per heavy atom. The van der Waals surface area contributed by atoms with Gasteiger partial charge >= 0.3 is 0 Å². The van der Waals surface area contributed by atoms with E-state index in [1.54, 1.807) is 28.6 Å². The van der Waals surface area contributed by atoms with Gasteiger partial charge in [-0.05, 0) is 63.3 Å². The van der Waals surface area contributed by atoms with Crippen molar-refractivity contribution in [3.63, 3.8) is 0 Å². The first-order valence-corrected chi connectivity index (χ1v) is 13.1. The van der Waals surface area contributed by atoms with E-state index in [2.05, 4.69) is 24.5 Å². The maximum Gasteiger partial charge on any atom is 0.243 e. The molecule has 0 saturated carbocycles. The van der Waals surface area contributed by atoms with Crippen LogP contribution in [0.15, 0.2) is 40.2 Å². The highest BCUT2D eigenvalue weighted by Gasteiger charge is 2.30. The Balaban J connectivity index is 1.49. The van der Waals surface area contributed by atoms with E-state index in [1.807, 2.05) is 17.8 Å². The molecule has 1 atom stereocenters. The quantitative estimate of drug-likeness (QED) is 0.506. The second kappa shape index (κ2) is 10.2. The lowest BCUT2D eigenvalue weighted by atomic mass is 9.98. The molecule has 6 nitrogen and oxygen atoms in total. The molecule has 8 heteroatoms. The van der Waals surface area contributed by atoms with Crippen molar-refractivity contribution < 1.29 is 8.42 Å². The summed E-state index contributed by atoms with van der Waals surface area (Å²) in [5.74, 6) is 2.57. The summed E-state index contributed by atoms with van der Waals surface area (Å²) in [6, 6.07) is 8.73. The molecule has 0 bridgehead atoms. The van der Waals surface area contributed by atoms with Gasteiger partial charge in [0.05, 0.1) is 11.4 Å². The first-order chi connectivity index (χ1) is 13.9. The third-order valence-corrected chi connectivity index (χ3v) is 9.16. The molecule has 2 fully saturated rings. The Morgan fingerprint density at radius 1 is 1.24 bits per heavy atom. The summed E-state index contributed by atoms with van der Waals surface area (Å²) in [6.07, 6.45) is 4.25. The number of rotatable bonds is 7. The molecule has 2 N–H and O–H groups in total. The van der Waals surface area contributed by atoms with Crippen molar-refractivity contribution in [1.82, 2.24) is 14.9 Å². The summed E-state index contributed by atoms with van der Waals surface area (Å²) in [6.45, 7) is 8.04. The number of hydrogen-bond acceptors (Lipinski definition) is 4. The van der Waals surface area contributed by atoms with Crippen LogP contribution in [-0.4, -0.2) is 61.9 Å². The van der Waals surface area contributed by atoms with E-state index in [0.29, 0.717) is 23.9 Å². The van der Waals surface area contributed by atoms with Gasteiger partial charge in [0.1, 0.15) is 0 Å². The number of benzene rings is 1. The van der Waals surface area contributed by atoms with E-state index < -0.39 is 10.0 Å². The maximum atomic E-state index is 12.8. The number of hydrogen-bond donors (Lipinski definition) is 2. The fourth-order valence-electron chi connectivity index (χ4n) is 3.89. The minimum absolute atomic E-state index is 0.263. The van der Waals surface area contributed by atoms with Gasteiger partial charge in [0.25, 0.3) is 0 Å². The smallest absolute Gasteiger partial charge is 0.243 e. The molecule has 0 spiro atoms. The number of nitrogens with zero attached hydrogens (tertiary/aromatic N) is 2. The summed E-state index contributed by atoms with van der Waals surface area (Å²) in [5.41, 5.74) is 0. The van der Waals surface area contributed by atoms with Gasteiger partial charge in [-0.25, -0.2) is 8.42 Å². The van der Waals surface area contributed by atoms with Gasteiger partial charge < -0.3 is 10.6 Å². The topological polar surface area (TPSA) is 73.8 Å². The van der Waals surface area contributed by atoms with Crippen molar-refractivity contribution in [3.05, 3.63) is 30.3 Å². The van der Waals surface area contributed by atoms with E-state index in [4.69, 9.17) is 4.99 Å². The lowest BCUT2D eigenvalue weighted by Crippen LogP contribution is -2.44. The Hall–Kier alpha value is -1.25. The fraction of sp³-hybridized carbons (Fsp3) is 0.667.